The molecule has 0 bridgehead atoms. The highest BCUT2D eigenvalue weighted by molar-refractivity contribution is 5.93. The molecule has 20 heavy (non-hydrogen) atoms. The van der Waals surface area contributed by atoms with E-state index >= 15 is 0 Å². The third-order valence-electron chi connectivity index (χ3n) is 3.46. The lowest BCUT2D eigenvalue weighted by Gasteiger charge is -2.01. The SMILES string of the molecule is Cc1ccc(-c2nnc3c4ccccc4cnn23)cc1. The minimum Gasteiger partial charge on any atom is -0.192 e. The highest BCUT2D eigenvalue weighted by Gasteiger charge is 2.11. The molecule has 4 aromatic rings. The van der Waals surface area contributed by atoms with E-state index in [0.717, 1.165) is 27.8 Å². The number of rotatable bonds is 1. The minimum atomic E-state index is 0.769. The molecule has 0 aliphatic heterocycles. The topological polar surface area (TPSA) is 43.1 Å². The minimum absolute atomic E-state index is 0.769. The van der Waals surface area contributed by atoms with E-state index in [-0.39, 0.29) is 0 Å². The first-order valence-corrected chi connectivity index (χ1v) is 6.49. The Labute approximate surface area is 115 Å². The van der Waals surface area contributed by atoms with E-state index in [2.05, 4.69) is 34.4 Å². The van der Waals surface area contributed by atoms with E-state index in [1.165, 1.54) is 5.56 Å². The molecule has 96 valence electrons. The number of aryl methyl sites for hydroxylation is 1. The van der Waals surface area contributed by atoms with E-state index in [1.54, 1.807) is 4.52 Å². The maximum absolute atomic E-state index is 4.46. The van der Waals surface area contributed by atoms with Crippen LogP contribution in [-0.2, 0) is 0 Å². The summed E-state index contributed by atoms with van der Waals surface area (Å²) in [7, 11) is 0. The van der Waals surface area contributed by atoms with E-state index in [0.29, 0.717) is 0 Å². The van der Waals surface area contributed by atoms with Crippen LogP contribution in [0, 0.1) is 6.92 Å². The molecular formula is C16H12N4. The van der Waals surface area contributed by atoms with E-state index < -0.39 is 0 Å². The zero-order valence-corrected chi connectivity index (χ0v) is 11.0. The van der Waals surface area contributed by atoms with Gasteiger partial charge in [-0.15, -0.1) is 10.2 Å². The molecule has 0 amide bonds. The van der Waals surface area contributed by atoms with Gasteiger partial charge in [-0.25, -0.2) is 0 Å². The molecule has 0 saturated carbocycles. The van der Waals surface area contributed by atoms with Gasteiger partial charge < -0.3 is 0 Å². The summed E-state index contributed by atoms with van der Waals surface area (Å²) in [6.45, 7) is 2.07. The predicted octanol–water partition coefficient (Wildman–Crippen LogP) is 3.25. The second kappa shape index (κ2) is 4.13. The summed E-state index contributed by atoms with van der Waals surface area (Å²) in [6.07, 6.45) is 1.85. The number of aromatic nitrogens is 4. The molecule has 2 aromatic carbocycles. The molecular weight excluding hydrogens is 248 g/mol. The van der Waals surface area contributed by atoms with Gasteiger partial charge in [0.15, 0.2) is 11.5 Å². The Morgan fingerprint density at radius 3 is 2.55 bits per heavy atom. The first-order valence-electron chi connectivity index (χ1n) is 6.49. The Balaban J connectivity index is 2.02. The highest BCUT2D eigenvalue weighted by Crippen LogP contribution is 2.22. The van der Waals surface area contributed by atoms with Crippen molar-refractivity contribution in [1.82, 2.24) is 19.8 Å². The Morgan fingerprint density at radius 2 is 1.70 bits per heavy atom. The number of hydrogen-bond acceptors (Lipinski definition) is 3. The van der Waals surface area contributed by atoms with E-state index in [1.807, 2.05) is 42.6 Å². The second-order valence-electron chi connectivity index (χ2n) is 4.86. The third-order valence-corrected chi connectivity index (χ3v) is 3.46. The monoisotopic (exact) mass is 260 g/mol. The summed E-state index contributed by atoms with van der Waals surface area (Å²) >= 11 is 0. The number of benzene rings is 2. The van der Waals surface area contributed by atoms with Gasteiger partial charge in [0, 0.05) is 16.3 Å². The first-order chi connectivity index (χ1) is 9.83. The van der Waals surface area contributed by atoms with Gasteiger partial charge in [-0.2, -0.15) is 9.61 Å². The van der Waals surface area contributed by atoms with Gasteiger partial charge in [0.25, 0.3) is 0 Å². The van der Waals surface area contributed by atoms with Crippen molar-refractivity contribution in [2.24, 2.45) is 0 Å². The fraction of sp³-hybridized carbons (Fsp3) is 0.0625. The lowest BCUT2D eigenvalue weighted by molar-refractivity contribution is 0.946. The summed E-state index contributed by atoms with van der Waals surface area (Å²) in [5.74, 6) is 0.769. The molecule has 4 nitrogen and oxygen atoms in total. The standard InChI is InChI=1S/C16H12N4/c1-11-6-8-12(9-7-11)15-18-19-16-14-5-3-2-4-13(14)10-17-20(15)16/h2-10H,1H3. The zero-order valence-electron chi connectivity index (χ0n) is 11.0. The maximum atomic E-state index is 4.46. The Hall–Kier alpha value is -2.75. The largest absolute Gasteiger partial charge is 0.192 e. The van der Waals surface area contributed by atoms with Crippen LogP contribution in [0.25, 0.3) is 27.8 Å². The van der Waals surface area contributed by atoms with E-state index in [4.69, 9.17) is 0 Å². The van der Waals surface area contributed by atoms with Gasteiger partial charge in [0.1, 0.15) is 0 Å². The van der Waals surface area contributed by atoms with Gasteiger partial charge in [-0.1, -0.05) is 54.1 Å². The average molecular weight is 260 g/mol. The molecule has 0 unspecified atom stereocenters. The van der Waals surface area contributed by atoms with Crippen LogP contribution in [0.4, 0.5) is 0 Å². The van der Waals surface area contributed by atoms with Gasteiger partial charge in [0.05, 0.1) is 6.20 Å². The molecule has 0 radical (unpaired) electrons. The summed E-state index contributed by atoms with van der Waals surface area (Å²) < 4.78 is 1.80. The molecule has 0 saturated heterocycles. The second-order valence-corrected chi connectivity index (χ2v) is 4.86. The van der Waals surface area contributed by atoms with Gasteiger partial charge in [-0.05, 0) is 6.92 Å². The fourth-order valence-corrected chi connectivity index (χ4v) is 2.37. The number of nitrogens with zero attached hydrogens (tertiary/aromatic N) is 4. The van der Waals surface area contributed by atoms with Crippen LogP contribution in [0.5, 0.6) is 0 Å². The molecule has 0 spiro atoms. The summed E-state index contributed by atoms with van der Waals surface area (Å²) in [4.78, 5) is 0. The van der Waals surface area contributed by atoms with Crippen molar-refractivity contribution in [3.63, 3.8) is 0 Å². The molecule has 0 aliphatic carbocycles. The van der Waals surface area contributed by atoms with Crippen LogP contribution in [0.15, 0.2) is 54.7 Å². The predicted molar refractivity (Wildman–Crippen MR) is 78.5 cm³/mol. The molecule has 0 N–H and O–H groups in total. The van der Waals surface area contributed by atoms with Crippen molar-refractivity contribution < 1.29 is 0 Å². The van der Waals surface area contributed by atoms with Crippen molar-refractivity contribution in [3.8, 4) is 11.4 Å². The highest BCUT2D eigenvalue weighted by atomic mass is 15.4. The molecule has 0 aliphatic rings. The summed E-state index contributed by atoms with van der Waals surface area (Å²) in [5.41, 5.74) is 3.03. The molecule has 4 rings (SSSR count). The Bertz CT molecular complexity index is 907. The van der Waals surface area contributed by atoms with Gasteiger partial charge >= 0.3 is 0 Å². The smallest absolute Gasteiger partial charge is 0.186 e. The Morgan fingerprint density at radius 1 is 0.900 bits per heavy atom. The van der Waals surface area contributed by atoms with E-state index in [9.17, 15) is 0 Å². The first kappa shape index (κ1) is 11.1. The van der Waals surface area contributed by atoms with Crippen LogP contribution in [0.2, 0.25) is 0 Å². The normalized spacial score (nSPS) is 11.2. The fourth-order valence-electron chi connectivity index (χ4n) is 2.37. The lowest BCUT2D eigenvalue weighted by atomic mass is 10.1. The van der Waals surface area contributed by atoms with Crippen molar-refractivity contribution in [2.75, 3.05) is 0 Å². The number of hydrogen-bond donors (Lipinski definition) is 0. The van der Waals surface area contributed by atoms with Crippen molar-refractivity contribution >= 4 is 16.4 Å². The molecule has 2 heterocycles. The lowest BCUT2D eigenvalue weighted by Crippen LogP contribution is -1.95. The van der Waals surface area contributed by atoms with Crippen molar-refractivity contribution in [1.29, 1.82) is 0 Å². The molecule has 0 fully saturated rings. The van der Waals surface area contributed by atoms with Crippen LogP contribution < -0.4 is 0 Å². The quantitative estimate of drug-likeness (QED) is 0.527. The summed E-state index contributed by atoms with van der Waals surface area (Å²) in [5, 5.41) is 15.2. The average Bonchev–Trinajstić information content (AvgIpc) is 2.92. The third kappa shape index (κ3) is 1.58. The van der Waals surface area contributed by atoms with Gasteiger partial charge in [-0.3, -0.25) is 0 Å². The number of fused-ring (bicyclic) bond motifs is 3. The van der Waals surface area contributed by atoms with Crippen LogP contribution in [0.1, 0.15) is 5.56 Å². The van der Waals surface area contributed by atoms with Crippen LogP contribution in [-0.4, -0.2) is 19.8 Å². The molecule has 4 heteroatoms. The molecule has 2 aromatic heterocycles. The van der Waals surface area contributed by atoms with Crippen LogP contribution >= 0.6 is 0 Å². The summed E-state index contributed by atoms with van der Waals surface area (Å²) in [6, 6.07) is 16.3. The Kier molecular flexibility index (Phi) is 2.29. The van der Waals surface area contributed by atoms with Gasteiger partial charge in [0.2, 0.25) is 0 Å². The zero-order chi connectivity index (χ0) is 13.5. The maximum Gasteiger partial charge on any atom is 0.186 e. The van der Waals surface area contributed by atoms with Crippen molar-refractivity contribution in [2.45, 2.75) is 6.92 Å². The van der Waals surface area contributed by atoms with Crippen molar-refractivity contribution in [3.05, 3.63) is 60.3 Å². The molecule has 0 atom stereocenters. The van der Waals surface area contributed by atoms with Crippen LogP contribution in [0.3, 0.4) is 0 Å².